The number of nitrogens with zero attached hydrogens (tertiary/aromatic N) is 1. The van der Waals surface area contributed by atoms with Gasteiger partial charge in [0.2, 0.25) is 11.8 Å². The number of carbonyl (C=O) groups excluding carboxylic acids is 2. The van der Waals surface area contributed by atoms with Gasteiger partial charge in [0.05, 0.1) is 11.8 Å². The van der Waals surface area contributed by atoms with Crippen molar-refractivity contribution < 1.29 is 18.7 Å². The Balaban J connectivity index is 1.90. The topological polar surface area (TPSA) is 58.6 Å². The highest BCUT2D eigenvalue weighted by molar-refractivity contribution is 5.93. The smallest absolute Gasteiger partial charge is 0.223 e. The van der Waals surface area contributed by atoms with E-state index in [1.807, 2.05) is 38.1 Å². The third-order valence-electron chi connectivity index (χ3n) is 4.11. The Morgan fingerprint density at radius 1 is 1.11 bits per heavy atom. The predicted molar refractivity (Wildman–Crippen MR) is 108 cm³/mol. The quantitative estimate of drug-likeness (QED) is 0.715. The molecule has 150 valence electrons. The number of para-hydroxylation sites is 2. The van der Waals surface area contributed by atoms with E-state index in [-0.39, 0.29) is 36.7 Å². The van der Waals surface area contributed by atoms with Crippen molar-refractivity contribution in [2.75, 3.05) is 18.0 Å². The molecular formula is C22H27FN2O3. The summed E-state index contributed by atoms with van der Waals surface area (Å²) in [7, 11) is 0. The SMILES string of the molecule is CC(=O)N(CCC(=O)NCCc1ccc(F)cc1)c1ccccc1OC(C)C. The lowest BCUT2D eigenvalue weighted by Crippen LogP contribution is -2.34. The molecule has 0 fully saturated rings. The van der Waals surface area contributed by atoms with Crippen LogP contribution >= 0.6 is 0 Å². The van der Waals surface area contributed by atoms with Crippen LogP contribution in [0, 0.1) is 5.82 Å². The van der Waals surface area contributed by atoms with E-state index in [4.69, 9.17) is 4.74 Å². The van der Waals surface area contributed by atoms with Crippen molar-refractivity contribution >= 4 is 17.5 Å². The van der Waals surface area contributed by atoms with E-state index in [1.165, 1.54) is 19.1 Å². The maximum atomic E-state index is 12.9. The first-order valence-electron chi connectivity index (χ1n) is 9.41. The van der Waals surface area contributed by atoms with Crippen LogP contribution in [0.25, 0.3) is 0 Å². The van der Waals surface area contributed by atoms with Gasteiger partial charge in [0.15, 0.2) is 0 Å². The second-order valence-corrected chi connectivity index (χ2v) is 6.78. The van der Waals surface area contributed by atoms with E-state index in [0.717, 1.165) is 5.56 Å². The second kappa shape index (κ2) is 10.4. The third kappa shape index (κ3) is 6.68. The summed E-state index contributed by atoms with van der Waals surface area (Å²) >= 11 is 0. The molecule has 2 amide bonds. The van der Waals surface area contributed by atoms with Gasteiger partial charge < -0.3 is 15.0 Å². The third-order valence-corrected chi connectivity index (χ3v) is 4.11. The number of amides is 2. The molecule has 6 heteroatoms. The molecule has 0 unspecified atom stereocenters. The summed E-state index contributed by atoms with van der Waals surface area (Å²) in [5.41, 5.74) is 1.61. The minimum absolute atomic E-state index is 0.0234. The van der Waals surface area contributed by atoms with E-state index < -0.39 is 0 Å². The lowest BCUT2D eigenvalue weighted by Gasteiger charge is -2.24. The number of anilines is 1. The Bertz CT molecular complexity index is 791. The summed E-state index contributed by atoms with van der Waals surface area (Å²) < 4.78 is 18.7. The highest BCUT2D eigenvalue weighted by Crippen LogP contribution is 2.29. The van der Waals surface area contributed by atoms with Gasteiger partial charge in [0.1, 0.15) is 11.6 Å². The van der Waals surface area contributed by atoms with Crippen LogP contribution in [0.3, 0.4) is 0 Å². The van der Waals surface area contributed by atoms with Crippen molar-refractivity contribution in [3.8, 4) is 5.75 Å². The molecule has 2 aromatic carbocycles. The van der Waals surface area contributed by atoms with E-state index in [9.17, 15) is 14.0 Å². The van der Waals surface area contributed by atoms with Gasteiger partial charge in [0, 0.05) is 26.4 Å². The van der Waals surface area contributed by atoms with Crippen LogP contribution in [0.5, 0.6) is 5.75 Å². The average Bonchev–Trinajstić information content (AvgIpc) is 2.64. The molecule has 0 radical (unpaired) electrons. The first-order valence-corrected chi connectivity index (χ1v) is 9.41. The molecule has 0 heterocycles. The van der Waals surface area contributed by atoms with Crippen molar-refractivity contribution in [3.05, 3.63) is 59.9 Å². The average molecular weight is 386 g/mol. The van der Waals surface area contributed by atoms with E-state index in [1.54, 1.807) is 17.0 Å². The predicted octanol–water partition coefficient (Wildman–Crippen LogP) is 3.71. The number of hydrogen-bond donors (Lipinski definition) is 1. The molecule has 0 aliphatic rings. The van der Waals surface area contributed by atoms with Crippen LogP contribution in [0.2, 0.25) is 0 Å². The molecule has 0 saturated carbocycles. The van der Waals surface area contributed by atoms with Gasteiger partial charge in [-0.05, 0) is 50.1 Å². The van der Waals surface area contributed by atoms with Crippen molar-refractivity contribution in [1.82, 2.24) is 5.32 Å². The summed E-state index contributed by atoms with van der Waals surface area (Å²) in [5, 5.41) is 2.84. The Hall–Kier alpha value is -2.89. The Labute approximate surface area is 165 Å². The number of hydrogen-bond acceptors (Lipinski definition) is 3. The summed E-state index contributed by atoms with van der Waals surface area (Å²) in [6, 6.07) is 13.5. The zero-order valence-electron chi connectivity index (χ0n) is 16.6. The number of nitrogens with one attached hydrogen (secondary N) is 1. The van der Waals surface area contributed by atoms with E-state index in [2.05, 4.69) is 5.32 Å². The fourth-order valence-electron chi connectivity index (χ4n) is 2.78. The standard InChI is InChI=1S/C22H27FN2O3/c1-16(2)28-21-7-5-4-6-20(21)25(17(3)26)15-13-22(27)24-14-12-18-8-10-19(23)11-9-18/h4-11,16H,12-15H2,1-3H3,(H,24,27). The number of halogens is 1. The largest absolute Gasteiger partial charge is 0.489 e. The van der Waals surface area contributed by atoms with Gasteiger partial charge >= 0.3 is 0 Å². The zero-order valence-corrected chi connectivity index (χ0v) is 16.6. The fraction of sp³-hybridized carbons (Fsp3) is 0.364. The maximum Gasteiger partial charge on any atom is 0.223 e. The van der Waals surface area contributed by atoms with Crippen molar-refractivity contribution in [3.63, 3.8) is 0 Å². The van der Waals surface area contributed by atoms with Gasteiger partial charge in [-0.2, -0.15) is 0 Å². The molecule has 1 N–H and O–H groups in total. The number of benzene rings is 2. The second-order valence-electron chi connectivity index (χ2n) is 6.78. The molecular weight excluding hydrogens is 359 g/mol. The lowest BCUT2D eigenvalue weighted by molar-refractivity contribution is -0.121. The van der Waals surface area contributed by atoms with Gasteiger partial charge in [-0.1, -0.05) is 24.3 Å². The molecule has 28 heavy (non-hydrogen) atoms. The summed E-state index contributed by atoms with van der Waals surface area (Å²) in [6.07, 6.45) is 0.775. The summed E-state index contributed by atoms with van der Waals surface area (Å²) in [6.45, 7) is 6.03. The van der Waals surface area contributed by atoms with Gasteiger partial charge in [0.25, 0.3) is 0 Å². The van der Waals surface area contributed by atoms with Crippen LogP contribution in [0.4, 0.5) is 10.1 Å². The number of ether oxygens (including phenoxy) is 1. The zero-order chi connectivity index (χ0) is 20.5. The molecule has 0 aliphatic heterocycles. The van der Waals surface area contributed by atoms with Crippen molar-refractivity contribution in [2.24, 2.45) is 0 Å². The summed E-state index contributed by atoms with van der Waals surface area (Å²) in [4.78, 5) is 25.9. The van der Waals surface area contributed by atoms with Crippen molar-refractivity contribution in [1.29, 1.82) is 0 Å². The molecule has 0 atom stereocenters. The first kappa shape index (κ1) is 21.4. The number of rotatable bonds is 9. The molecule has 0 bridgehead atoms. The Kier molecular flexibility index (Phi) is 7.99. The molecule has 2 rings (SSSR count). The minimum Gasteiger partial charge on any atom is -0.489 e. The van der Waals surface area contributed by atoms with Crippen LogP contribution in [0.15, 0.2) is 48.5 Å². The van der Waals surface area contributed by atoms with E-state index in [0.29, 0.717) is 24.4 Å². The molecule has 2 aromatic rings. The summed E-state index contributed by atoms with van der Waals surface area (Å²) in [5.74, 6) is 0.0396. The molecule has 0 aliphatic carbocycles. The van der Waals surface area contributed by atoms with Crippen LogP contribution in [-0.4, -0.2) is 31.0 Å². The Morgan fingerprint density at radius 3 is 2.43 bits per heavy atom. The normalized spacial score (nSPS) is 10.6. The minimum atomic E-state index is -0.279. The molecule has 5 nitrogen and oxygen atoms in total. The highest BCUT2D eigenvalue weighted by Gasteiger charge is 2.18. The van der Waals surface area contributed by atoms with Crippen LogP contribution in [0.1, 0.15) is 32.8 Å². The molecule has 0 aromatic heterocycles. The monoisotopic (exact) mass is 386 g/mol. The highest BCUT2D eigenvalue weighted by atomic mass is 19.1. The van der Waals surface area contributed by atoms with Crippen LogP contribution < -0.4 is 15.0 Å². The Morgan fingerprint density at radius 2 is 1.79 bits per heavy atom. The first-order chi connectivity index (χ1) is 13.4. The van der Waals surface area contributed by atoms with Crippen LogP contribution in [-0.2, 0) is 16.0 Å². The van der Waals surface area contributed by atoms with Crippen molar-refractivity contribution in [2.45, 2.75) is 39.7 Å². The van der Waals surface area contributed by atoms with Gasteiger partial charge in [-0.3, -0.25) is 9.59 Å². The fourth-order valence-corrected chi connectivity index (χ4v) is 2.78. The molecule has 0 saturated heterocycles. The molecule has 0 spiro atoms. The lowest BCUT2D eigenvalue weighted by atomic mass is 10.1. The van der Waals surface area contributed by atoms with Gasteiger partial charge in [-0.15, -0.1) is 0 Å². The van der Waals surface area contributed by atoms with E-state index >= 15 is 0 Å². The van der Waals surface area contributed by atoms with Gasteiger partial charge in [-0.25, -0.2) is 4.39 Å². The maximum absolute atomic E-state index is 12.9. The number of carbonyl (C=O) groups is 2.